The van der Waals surface area contributed by atoms with Gasteiger partial charge in [0.1, 0.15) is 12.2 Å². The average molecular weight is 290 g/mol. The number of rotatable bonds is 4. The molecule has 0 aliphatic carbocycles. The summed E-state index contributed by atoms with van der Waals surface area (Å²) in [4.78, 5) is 29.6. The normalized spacial score (nSPS) is 15.8. The fourth-order valence-corrected chi connectivity index (χ4v) is 2.52. The van der Waals surface area contributed by atoms with Crippen LogP contribution in [0.3, 0.4) is 0 Å². The molecule has 0 atom stereocenters. The Bertz CT molecular complexity index is 493. The molecule has 6 nitrogen and oxygen atoms in total. The van der Waals surface area contributed by atoms with E-state index >= 15 is 0 Å². The number of nitrogens with zero attached hydrogens (tertiary/aromatic N) is 2. The van der Waals surface area contributed by atoms with Crippen LogP contribution in [-0.4, -0.2) is 34.8 Å². The van der Waals surface area contributed by atoms with E-state index in [-0.39, 0.29) is 18.2 Å². The van der Waals surface area contributed by atoms with Crippen LogP contribution in [0.2, 0.25) is 0 Å². The minimum atomic E-state index is -0.316. The van der Waals surface area contributed by atoms with Crippen LogP contribution in [0.1, 0.15) is 32.6 Å². The summed E-state index contributed by atoms with van der Waals surface area (Å²) in [6.45, 7) is 3.69. The van der Waals surface area contributed by atoms with Crippen molar-refractivity contribution >= 4 is 23.3 Å². The lowest BCUT2D eigenvalue weighted by molar-refractivity contribution is -0.135. The monoisotopic (exact) mass is 290 g/mol. The zero-order valence-electron chi connectivity index (χ0n) is 12.3. The van der Waals surface area contributed by atoms with E-state index in [9.17, 15) is 9.59 Å². The number of anilines is 2. The molecule has 2 heterocycles. The van der Waals surface area contributed by atoms with Gasteiger partial charge in [0.05, 0.1) is 11.9 Å². The second kappa shape index (κ2) is 7.06. The summed E-state index contributed by atoms with van der Waals surface area (Å²) in [5, 5.41) is 2.65. The van der Waals surface area contributed by atoms with Crippen LogP contribution >= 0.6 is 0 Å². The fourth-order valence-electron chi connectivity index (χ4n) is 2.52. The highest BCUT2D eigenvalue weighted by Crippen LogP contribution is 2.20. The lowest BCUT2D eigenvalue weighted by Crippen LogP contribution is -2.39. The van der Waals surface area contributed by atoms with E-state index in [4.69, 9.17) is 5.73 Å². The van der Waals surface area contributed by atoms with Crippen LogP contribution in [0, 0.1) is 5.92 Å². The molecule has 0 unspecified atom stereocenters. The zero-order valence-corrected chi connectivity index (χ0v) is 12.3. The van der Waals surface area contributed by atoms with Crippen LogP contribution in [0.5, 0.6) is 0 Å². The number of nitrogen functional groups attached to an aromatic ring is 1. The minimum Gasteiger partial charge on any atom is -0.384 e. The van der Waals surface area contributed by atoms with E-state index in [1.807, 2.05) is 0 Å². The van der Waals surface area contributed by atoms with Crippen molar-refractivity contribution in [1.29, 1.82) is 0 Å². The molecule has 1 fully saturated rings. The number of nitrogens with two attached hydrogens (primary N) is 1. The van der Waals surface area contributed by atoms with Gasteiger partial charge in [-0.2, -0.15) is 0 Å². The molecule has 1 aliphatic heterocycles. The number of nitrogens with one attached hydrogen (secondary N) is 1. The summed E-state index contributed by atoms with van der Waals surface area (Å²) in [6.07, 6.45) is 4.58. The molecule has 6 heteroatoms. The summed E-state index contributed by atoms with van der Waals surface area (Å²) in [5.74, 6) is 0.682. The smallest absolute Gasteiger partial charge is 0.233 e. The molecule has 0 aromatic carbocycles. The first kappa shape index (κ1) is 15.3. The topological polar surface area (TPSA) is 88.3 Å². The van der Waals surface area contributed by atoms with E-state index in [1.54, 1.807) is 17.0 Å². The molecule has 1 aromatic heterocycles. The van der Waals surface area contributed by atoms with Crippen molar-refractivity contribution in [3.05, 3.63) is 18.3 Å². The molecule has 1 aromatic rings. The van der Waals surface area contributed by atoms with E-state index in [0.717, 1.165) is 32.4 Å². The van der Waals surface area contributed by atoms with Crippen molar-refractivity contribution in [2.75, 3.05) is 24.1 Å². The predicted octanol–water partition coefficient (Wildman–Crippen LogP) is 1.64. The lowest BCUT2D eigenvalue weighted by Gasteiger charge is -2.31. The number of hydrogen-bond acceptors (Lipinski definition) is 4. The van der Waals surface area contributed by atoms with Gasteiger partial charge in [-0.15, -0.1) is 0 Å². The third-order valence-corrected chi connectivity index (χ3v) is 3.93. The Balaban J connectivity index is 1.79. The molecular formula is C15H22N4O2. The number of pyridine rings is 1. The van der Waals surface area contributed by atoms with Crippen molar-refractivity contribution < 1.29 is 9.59 Å². The molecule has 2 rings (SSSR count). The minimum absolute atomic E-state index is 0.106. The quantitative estimate of drug-likeness (QED) is 0.825. The molecule has 0 radical (unpaired) electrons. The van der Waals surface area contributed by atoms with Crippen LogP contribution in [0.4, 0.5) is 11.5 Å². The lowest BCUT2D eigenvalue weighted by atomic mass is 9.94. The van der Waals surface area contributed by atoms with Crippen molar-refractivity contribution in [1.82, 2.24) is 9.88 Å². The summed E-state index contributed by atoms with van der Waals surface area (Å²) in [5.41, 5.74) is 6.02. The van der Waals surface area contributed by atoms with E-state index in [0.29, 0.717) is 17.4 Å². The van der Waals surface area contributed by atoms with Crippen molar-refractivity contribution in [3.8, 4) is 0 Å². The van der Waals surface area contributed by atoms with Crippen molar-refractivity contribution in [2.45, 2.75) is 32.6 Å². The molecule has 2 amide bonds. The van der Waals surface area contributed by atoms with Gasteiger partial charge in [0.2, 0.25) is 11.8 Å². The average Bonchev–Trinajstić information content (AvgIpc) is 2.49. The Morgan fingerprint density at radius 2 is 2.10 bits per heavy atom. The maximum Gasteiger partial charge on any atom is 0.233 e. The zero-order chi connectivity index (χ0) is 15.2. The largest absolute Gasteiger partial charge is 0.384 e. The highest BCUT2D eigenvalue weighted by atomic mass is 16.2. The summed E-state index contributed by atoms with van der Waals surface area (Å²) >= 11 is 0. The van der Waals surface area contributed by atoms with Gasteiger partial charge >= 0.3 is 0 Å². The highest BCUT2D eigenvalue weighted by Gasteiger charge is 2.23. The first-order chi connectivity index (χ1) is 10.1. The second-order valence-corrected chi connectivity index (χ2v) is 5.43. The van der Waals surface area contributed by atoms with Crippen LogP contribution in [-0.2, 0) is 9.59 Å². The second-order valence-electron chi connectivity index (χ2n) is 5.43. The van der Waals surface area contributed by atoms with Gasteiger partial charge in [-0.25, -0.2) is 4.98 Å². The molecule has 21 heavy (non-hydrogen) atoms. The summed E-state index contributed by atoms with van der Waals surface area (Å²) in [6, 6.07) is 3.27. The number of hydrogen-bond donors (Lipinski definition) is 2. The molecule has 0 spiro atoms. The molecule has 1 aliphatic rings. The summed E-state index contributed by atoms with van der Waals surface area (Å²) in [7, 11) is 0. The Labute approximate surface area is 124 Å². The first-order valence-corrected chi connectivity index (χ1v) is 7.37. The molecule has 1 saturated heterocycles. The van der Waals surface area contributed by atoms with Crippen LogP contribution < -0.4 is 11.1 Å². The van der Waals surface area contributed by atoms with Gasteiger partial charge in [-0.05, 0) is 30.9 Å². The highest BCUT2D eigenvalue weighted by molar-refractivity contribution is 6.03. The molecule has 114 valence electrons. The predicted molar refractivity (Wildman–Crippen MR) is 81.5 cm³/mol. The molecular weight excluding hydrogens is 268 g/mol. The van der Waals surface area contributed by atoms with Gasteiger partial charge in [0, 0.05) is 13.1 Å². The van der Waals surface area contributed by atoms with Crippen LogP contribution in [0.25, 0.3) is 0 Å². The van der Waals surface area contributed by atoms with Gasteiger partial charge in [-0.1, -0.05) is 13.3 Å². The maximum atomic E-state index is 12.1. The maximum absolute atomic E-state index is 12.1. The van der Waals surface area contributed by atoms with E-state index < -0.39 is 0 Å². The molecule has 3 N–H and O–H groups in total. The number of amides is 2. The van der Waals surface area contributed by atoms with E-state index in [1.165, 1.54) is 6.20 Å². The van der Waals surface area contributed by atoms with Gasteiger partial charge in [-0.3, -0.25) is 9.59 Å². The third-order valence-electron chi connectivity index (χ3n) is 3.93. The van der Waals surface area contributed by atoms with Gasteiger partial charge in [0.15, 0.2) is 0 Å². The van der Waals surface area contributed by atoms with Crippen molar-refractivity contribution in [3.63, 3.8) is 0 Å². The number of piperidine rings is 1. The van der Waals surface area contributed by atoms with Crippen molar-refractivity contribution in [2.24, 2.45) is 5.92 Å². The number of aromatic nitrogens is 1. The fraction of sp³-hybridized carbons (Fsp3) is 0.533. The Kier molecular flexibility index (Phi) is 5.14. The van der Waals surface area contributed by atoms with Gasteiger partial charge in [0.25, 0.3) is 0 Å². The SMILES string of the molecule is CCC1CCN(C(=O)CC(=O)Nc2ccc(N)nc2)CC1. The first-order valence-electron chi connectivity index (χ1n) is 7.37. The molecule has 0 saturated carbocycles. The van der Waals surface area contributed by atoms with Crippen LogP contribution in [0.15, 0.2) is 18.3 Å². The summed E-state index contributed by atoms with van der Waals surface area (Å²) < 4.78 is 0. The Hall–Kier alpha value is -2.11. The Morgan fingerprint density at radius 1 is 1.38 bits per heavy atom. The third kappa shape index (κ3) is 4.44. The number of carbonyl (C=O) groups is 2. The standard InChI is InChI=1S/C15H22N4O2/c1-2-11-5-7-19(8-6-11)15(21)9-14(20)18-12-3-4-13(16)17-10-12/h3-4,10-11H,2,5-9H2,1H3,(H2,16,17)(H,18,20). The van der Waals surface area contributed by atoms with E-state index in [2.05, 4.69) is 17.2 Å². The van der Waals surface area contributed by atoms with Gasteiger partial charge < -0.3 is 16.0 Å². The number of carbonyl (C=O) groups excluding carboxylic acids is 2. The number of likely N-dealkylation sites (tertiary alicyclic amines) is 1. The Morgan fingerprint density at radius 3 is 2.67 bits per heavy atom. The molecule has 0 bridgehead atoms.